The lowest BCUT2D eigenvalue weighted by Gasteiger charge is -2.13. The lowest BCUT2D eigenvalue weighted by molar-refractivity contribution is 0.126. The van der Waals surface area contributed by atoms with Gasteiger partial charge in [-0.25, -0.2) is 0 Å². The molecular formula is C13H17NO. The third-order valence-electron chi connectivity index (χ3n) is 5.10. The number of aromatic nitrogens is 1. The van der Waals surface area contributed by atoms with Gasteiger partial charge in [-0.1, -0.05) is 0 Å². The standard InChI is InChI=1S/C13H17NO/c15-13(9-2-1-5-14-9)12-10-7-3-4-8(6-7)11(10)12/h1-2,5,7-8,10-15H,3-4,6H2. The molecule has 0 aromatic carbocycles. The molecule has 2 nitrogen and oxygen atoms in total. The summed E-state index contributed by atoms with van der Waals surface area (Å²) in [5, 5.41) is 10.3. The summed E-state index contributed by atoms with van der Waals surface area (Å²) in [6, 6.07) is 3.99. The number of hydrogen-bond donors (Lipinski definition) is 2. The minimum Gasteiger partial charge on any atom is -0.387 e. The molecule has 2 heteroatoms. The molecule has 2 bridgehead atoms. The van der Waals surface area contributed by atoms with Gasteiger partial charge in [0.2, 0.25) is 0 Å². The van der Waals surface area contributed by atoms with Crippen LogP contribution >= 0.6 is 0 Å². The van der Waals surface area contributed by atoms with E-state index in [9.17, 15) is 5.11 Å². The fourth-order valence-electron chi connectivity index (χ4n) is 4.55. The predicted molar refractivity (Wildman–Crippen MR) is 57.1 cm³/mol. The van der Waals surface area contributed by atoms with E-state index in [1.807, 2.05) is 18.3 Å². The molecule has 15 heavy (non-hydrogen) atoms. The molecule has 0 radical (unpaired) electrons. The molecular weight excluding hydrogens is 186 g/mol. The molecule has 5 unspecified atom stereocenters. The van der Waals surface area contributed by atoms with Gasteiger partial charge in [0.05, 0.1) is 6.10 Å². The topological polar surface area (TPSA) is 36.0 Å². The van der Waals surface area contributed by atoms with Crippen LogP contribution in [0.4, 0.5) is 0 Å². The number of aromatic amines is 1. The largest absolute Gasteiger partial charge is 0.387 e. The van der Waals surface area contributed by atoms with Crippen molar-refractivity contribution in [3.63, 3.8) is 0 Å². The summed E-state index contributed by atoms with van der Waals surface area (Å²) in [5.41, 5.74) is 1.02. The molecule has 2 N–H and O–H groups in total. The summed E-state index contributed by atoms with van der Waals surface area (Å²) in [6.45, 7) is 0. The second-order valence-corrected chi connectivity index (χ2v) is 5.64. The van der Waals surface area contributed by atoms with Crippen molar-refractivity contribution >= 4 is 0 Å². The van der Waals surface area contributed by atoms with E-state index in [4.69, 9.17) is 0 Å². The van der Waals surface area contributed by atoms with E-state index < -0.39 is 0 Å². The minimum atomic E-state index is -0.224. The molecule has 4 rings (SSSR count). The van der Waals surface area contributed by atoms with Crippen molar-refractivity contribution < 1.29 is 5.11 Å². The highest BCUT2D eigenvalue weighted by Gasteiger charge is 2.66. The van der Waals surface area contributed by atoms with Gasteiger partial charge in [-0.05, 0) is 61.0 Å². The zero-order valence-electron chi connectivity index (χ0n) is 8.76. The van der Waals surface area contributed by atoms with Gasteiger partial charge in [-0.15, -0.1) is 0 Å². The van der Waals surface area contributed by atoms with Crippen molar-refractivity contribution in [1.29, 1.82) is 0 Å². The molecule has 1 aromatic heterocycles. The number of hydrogen-bond acceptors (Lipinski definition) is 1. The quantitative estimate of drug-likeness (QED) is 0.760. The SMILES string of the molecule is OC(c1ccc[nH]1)C1C2C3CCC(C3)C21. The average molecular weight is 203 g/mol. The third kappa shape index (κ3) is 0.984. The van der Waals surface area contributed by atoms with Crippen LogP contribution in [-0.4, -0.2) is 10.1 Å². The molecule has 3 fully saturated rings. The van der Waals surface area contributed by atoms with Gasteiger partial charge in [0.1, 0.15) is 0 Å². The Morgan fingerprint density at radius 3 is 2.60 bits per heavy atom. The van der Waals surface area contributed by atoms with Crippen LogP contribution in [0.5, 0.6) is 0 Å². The highest BCUT2D eigenvalue weighted by molar-refractivity contribution is 5.20. The zero-order valence-corrected chi connectivity index (χ0v) is 8.76. The lowest BCUT2D eigenvalue weighted by atomic mass is 9.97. The van der Waals surface area contributed by atoms with Crippen molar-refractivity contribution in [3.8, 4) is 0 Å². The van der Waals surface area contributed by atoms with Crippen LogP contribution in [0.15, 0.2) is 18.3 Å². The van der Waals surface area contributed by atoms with Crippen LogP contribution in [0, 0.1) is 29.6 Å². The van der Waals surface area contributed by atoms with Crippen LogP contribution in [0.2, 0.25) is 0 Å². The summed E-state index contributed by atoms with van der Waals surface area (Å²) in [7, 11) is 0. The number of aliphatic hydroxyl groups excluding tert-OH is 1. The molecule has 0 aliphatic heterocycles. The Labute approximate surface area is 89.7 Å². The molecule has 0 spiro atoms. The molecule has 80 valence electrons. The van der Waals surface area contributed by atoms with E-state index in [2.05, 4.69) is 4.98 Å². The van der Waals surface area contributed by atoms with E-state index in [-0.39, 0.29) is 6.10 Å². The number of rotatable bonds is 2. The second-order valence-electron chi connectivity index (χ2n) is 5.64. The maximum absolute atomic E-state index is 10.3. The molecule has 0 saturated heterocycles. The number of H-pyrrole nitrogens is 1. The van der Waals surface area contributed by atoms with E-state index in [0.717, 1.165) is 29.4 Å². The Hall–Kier alpha value is -0.760. The first-order valence-corrected chi connectivity index (χ1v) is 6.17. The summed E-state index contributed by atoms with van der Waals surface area (Å²) in [5.74, 6) is 4.21. The smallest absolute Gasteiger partial charge is 0.0971 e. The van der Waals surface area contributed by atoms with Gasteiger partial charge < -0.3 is 10.1 Å². The predicted octanol–water partition coefficient (Wildman–Crippen LogP) is 2.34. The number of fused-ring (bicyclic) bond motifs is 5. The number of aliphatic hydroxyl groups is 1. The highest BCUT2D eigenvalue weighted by atomic mass is 16.3. The van der Waals surface area contributed by atoms with E-state index in [1.165, 1.54) is 19.3 Å². The van der Waals surface area contributed by atoms with Crippen LogP contribution < -0.4 is 0 Å². The zero-order chi connectivity index (χ0) is 9.99. The van der Waals surface area contributed by atoms with E-state index >= 15 is 0 Å². The van der Waals surface area contributed by atoms with Crippen LogP contribution in [0.1, 0.15) is 31.1 Å². The Balaban J connectivity index is 1.58. The van der Waals surface area contributed by atoms with Crippen molar-refractivity contribution in [2.45, 2.75) is 25.4 Å². The van der Waals surface area contributed by atoms with Gasteiger partial charge >= 0.3 is 0 Å². The van der Waals surface area contributed by atoms with E-state index in [1.54, 1.807) is 0 Å². The van der Waals surface area contributed by atoms with Gasteiger partial charge in [-0.3, -0.25) is 0 Å². The normalized spacial score (nSPS) is 47.9. The highest BCUT2D eigenvalue weighted by Crippen LogP contribution is 2.72. The van der Waals surface area contributed by atoms with Gasteiger partial charge in [-0.2, -0.15) is 0 Å². The first-order chi connectivity index (χ1) is 7.36. The molecule has 5 atom stereocenters. The summed E-state index contributed by atoms with van der Waals surface area (Å²) < 4.78 is 0. The molecule has 1 aromatic rings. The molecule has 1 heterocycles. The Morgan fingerprint density at radius 2 is 2.00 bits per heavy atom. The van der Waals surface area contributed by atoms with Gasteiger partial charge in [0, 0.05) is 11.9 Å². The van der Waals surface area contributed by atoms with Crippen molar-refractivity contribution in [3.05, 3.63) is 24.0 Å². The molecule has 3 aliphatic carbocycles. The third-order valence-corrected chi connectivity index (χ3v) is 5.10. The molecule has 3 aliphatic rings. The van der Waals surface area contributed by atoms with Crippen molar-refractivity contribution in [2.75, 3.05) is 0 Å². The monoisotopic (exact) mass is 203 g/mol. The lowest BCUT2D eigenvalue weighted by Crippen LogP contribution is -2.08. The van der Waals surface area contributed by atoms with Crippen LogP contribution in [-0.2, 0) is 0 Å². The summed E-state index contributed by atoms with van der Waals surface area (Å²) >= 11 is 0. The molecule has 0 amide bonds. The van der Waals surface area contributed by atoms with Crippen molar-refractivity contribution in [1.82, 2.24) is 4.98 Å². The first-order valence-electron chi connectivity index (χ1n) is 6.17. The van der Waals surface area contributed by atoms with Gasteiger partial charge in [0.25, 0.3) is 0 Å². The van der Waals surface area contributed by atoms with E-state index in [0.29, 0.717) is 5.92 Å². The minimum absolute atomic E-state index is 0.224. The van der Waals surface area contributed by atoms with Gasteiger partial charge in [0.15, 0.2) is 0 Å². The van der Waals surface area contributed by atoms with Crippen LogP contribution in [0.3, 0.4) is 0 Å². The maximum Gasteiger partial charge on any atom is 0.0971 e. The van der Waals surface area contributed by atoms with Crippen LogP contribution in [0.25, 0.3) is 0 Å². The summed E-state index contributed by atoms with van der Waals surface area (Å²) in [4.78, 5) is 3.15. The Kier molecular flexibility index (Phi) is 1.50. The first kappa shape index (κ1) is 8.40. The molecule has 3 saturated carbocycles. The number of nitrogens with one attached hydrogen (secondary N) is 1. The maximum atomic E-state index is 10.3. The van der Waals surface area contributed by atoms with Crippen molar-refractivity contribution in [2.24, 2.45) is 29.6 Å². The summed E-state index contributed by atoms with van der Waals surface area (Å²) in [6.07, 6.45) is 6.01. The fraction of sp³-hybridized carbons (Fsp3) is 0.692. The second kappa shape index (κ2) is 2.67. The average Bonchev–Trinajstić information content (AvgIpc) is 2.70. The Morgan fingerprint density at radius 1 is 1.27 bits per heavy atom. The fourth-order valence-corrected chi connectivity index (χ4v) is 4.55. The Bertz CT molecular complexity index is 356.